The van der Waals surface area contributed by atoms with Crippen molar-refractivity contribution in [2.45, 2.75) is 25.2 Å². The molecule has 0 aliphatic heterocycles. The molecule has 1 aromatic carbocycles. The first kappa shape index (κ1) is 17.6. The highest BCUT2D eigenvalue weighted by Gasteiger charge is 2.24. The van der Waals surface area contributed by atoms with Crippen molar-refractivity contribution in [3.05, 3.63) is 29.3 Å². The summed E-state index contributed by atoms with van der Waals surface area (Å²) in [6.07, 6.45) is 0.772. The van der Waals surface area contributed by atoms with Crippen molar-refractivity contribution >= 4 is 10.0 Å². The molecule has 1 atom stereocenters. The first-order valence-corrected chi connectivity index (χ1v) is 7.97. The van der Waals surface area contributed by atoms with Crippen molar-refractivity contribution in [2.24, 2.45) is 11.7 Å². The second kappa shape index (κ2) is 7.50. The minimum absolute atomic E-state index is 0.0437. The zero-order valence-corrected chi connectivity index (χ0v) is 12.7. The molecule has 116 valence electrons. The van der Waals surface area contributed by atoms with Crippen molar-refractivity contribution in [2.75, 3.05) is 13.1 Å². The third kappa shape index (κ3) is 4.77. The molecule has 0 bridgehead atoms. The first-order chi connectivity index (χ1) is 9.81. The molecule has 0 saturated carbocycles. The Morgan fingerprint density at radius 3 is 2.62 bits per heavy atom. The number of rotatable bonds is 5. The van der Waals surface area contributed by atoms with Crippen LogP contribution in [0.1, 0.15) is 25.8 Å². The minimum atomic E-state index is -4.11. The number of hydrogen-bond acceptors (Lipinski definition) is 3. The molecule has 0 aliphatic carbocycles. The predicted octanol–water partition coefficient (Wildman–Crippen LogP) is 1.60. The molecule has 21 heavy (non-hydrogen) atoms. The van der Waals surface area contributed by atoms with E-state index in [1.165, 1.54) is 0 Å². The smallest absolute Gasteiger partial charge is 0.244 e. The van der Waals surface area contributed by atoms with Crippen LogP contribution >= 0.6 is 0 Å². The number of benzene rings is 1. The molecule has 0 amide bonds. The van der Waals surface area contributed by atoms with Crippen molar-refractivity contribution in [1.82, 2.24) is 4.72 Å². The van der Waals surface area contributed by atoms with Gasteiger partial charge in [-0.25, -0.2) is 21.9 Å². The van der Waals surface area contributed by atoms with Gasteiger partial charge < -0.3 is 5.73 Å². The molecule has 4 nitrogen and oxygen atoms in total. The highest BCUT2D eigenvalue weighted by Crippen LogP contribution is 2.21. The Kier molecular flexibility index (Phi) is 6.27. The summed E-state index contributed by atoms with van der Waals surface area (Å²) in [6.45, 7) is 3.89. The van der Waals surface area contributed by atoms with Gasteiger partial charge in [0.2, 0.25) is 10.0 Å². The van der Waals surface area contributed by atoms with Gasteiger partial charge in [-0.3, -0.25) is 0 Å². The van der Waals surface area contributed by atoms with E-state index in [2.05, 4.69) is 16.6 Å². The summed E-state index contributed by atoms with van der Waals surface area (Å²) in [7, 11) is -4.11. The molecule has 0 aliphatic rings. The lowest BCUT2D eigenvalue weighted by molar-refractivity contribution is 0.517. The third-order valence-corrected chi connectivity index (χ3v) is 4.42. The van der Waals surface area contributed by atoms with Crippen LogP contribution in [0.2, 0.25) is 0 Å². The van der Waals surface area contributed by atoms with Gasteiger partial charge in [0.1, 0.15) is 16.5 Å². The maximum absolute atomic E-state index is 13.9. The van der Waals surface area contributed by atoms with E-state index in [9.17, 15) is 17.2 Å². The van der Waals surface area contributed by atoms with Gasteiger partial charge in [-0.15, -0.1) is 0 Å². The third-order valence-electron chi connectivity index (χ3n) is 2.92. The van der Waals surface area contributed by atoms with Crippen molar-refractivity contribution < 1.29 is 17.2 Å². The molecule has 7 heteroatoms. The minimum Gasteiger partial charge on any atom is -0.320 e. The summed E-state index contributed by atoms with van der Waals surface area (Å²) in [6, 6.07) is 1.40. The Morgan fingerprint density at radius 2 is 2.05 bits per heavy atom. The van der Waals surface area contributed by atoms with Crippen molar-refractivity contribution in [3.8, 4) is 11.8 Å². The highest BCUT2D eigenvalue weighted by atomic mass is 32.2. The van der Waals surface area contributed by atoms with Gasteiger partial charge in [-0.1, -0.05) is 32.1 Å². The number of halogens is 2. The molecule has 0 spiro atoms. The standard InChI is InChI=1S/C14H18F2N2O2S/c1-3-10(2)9-18-21(19,20)14-11(5-4-6-17)7-12(15)8-13(14)16/h7-8,10,18H,3,6,9,17H2,1-2H3. The fraction of sp³-hybridized carbons (Fsp3) is 0.429. The normalized spacial score (nSPS) is 12.6. The average molecular weight is 316 g/mol. The molecular formula is C14H18F2N2O2S. The van der Waals surface area contributed by atoms with E-state index in [4.69, 9.17) is 5.73 Å². The second-order valence-corrected chi connectivity index (χ2v) is 6.34. The van der Waals surface area contributed by atoms with Crippen molar-refractivity contribution in [3.63, 3.8) is 0 Å². The summed E-state index contributed by atoms with van der Waals surface area (Å²) in [5.74, 6) is 2.82. The van der Waals surface area contributed by atoms with Gasteiger partial charge in [0.05, 0.1) is 12.1 Å². The summed E-state index contributed by atoms with van der Waals surface area (Å²) >= 11 is 0. The zero-order chi connectivity index (χ0) is 16.0. The van der Waals surface area contributed by atoms with Gasteiger partial charge in [0.25, 0.3) is 0 Å². The molecule has 3 N–H and O–H groups in total. The molecule has 0 radical (unpaired) electrons. The SMILES string of the molecule is CCC(C)CNS(=O)(=O)c1c(F)cc(F)cc1C#CCN. The topological polar surface area (TPSA) is 72.2 Å². The Balaban J connectivity index is 3.27. The molecule has 0 fully saturated rings. The van der Waals surface area contributed by atoms with E-state index in [0.29, 0.717) is 6.07 Å². The van der Waals surface area contributed by atoms with Crippen LogP contribution in [0.3, 0.4) is 0 Å². The molecular weight excluding hydrogens is 298 g/mol. The lowest BCUT2D eigenvalue weighted by Crippen LogP contribution is -2.29. The summed E-state index contributed by atoms with van der Waals surface area (Å²) < 4.78 is 53.8. The van der Waals surface area contributed by atoms with Crippen LogP contribution in [-0.2, 0) is 10.0 Å². The summed E-state index contributed by atoms with van der Waals surface area (Å²) in [5, 5.41) is 0. The van der Waals surface area contributed by atoms with Crippen LogP contribution in [0.4, 0.5) is 8.78 Å². The van der Waals surface area contributed by atoms with E-state index in [1.54, 1.807) is 0 Å². The summed E-state index contributed by atoms with van der Waals surface area (Å²) in [5.41, 5.74) is 4.96. The molecule has 1 aromatic rings. The van der Waals surface area contributed by atoms with Crippen LogP contribution in [-0.4, -0.2) is 21.5 Å². The van der Waals surface area contributed by atoms with Gasteiger partial charge in [-0.2, -0.15) is 0 Å². The molecule has 0 heterocycles. The van der Waals surface area contributed by atoms with E-state index >= 15 is 0 Å². The predicted molar refractivity (Wildman–Crippen MR) is 76.9 cm³/mol. The largest absolute Gasteiger partial charge is 0.320 e. The Bertz CT molecular complexity index is 664. The van der Waals surface area contributed by atoms with Crippen molar-refractivity contribution in [1.29, 1.82) is 0 Å². The quantitative estimate of drug-likeness (QED) is 0.811. The second-order valence-electron chi connectivity index (χ2n) is 4.64. The van der Waals surface area contributed by atoms with Crippen LogP contribution < -0.4 is 10.5 Å². The van der Waals surface area contributed by atoms with E-state index in [0.717, 1.165) is 12.5 Å². The van der Waals surface area contributed by atoms with Gasteiger partial charge in [-0.05, 0) is 12.0 Å². The first-order valence-electron chi connectivity index (χ1n) is 6.49. The lowest BCUT2D eigenvalue weighted by atomic mass is 10.1. The Hall–Kier alpha value is -1.49. The number of nitrogens with one attached hydrogen (secondary N) is 1. The highest BCUT2D eigenvalue weighted by molar-refractivity contribution is 7.89. The monoisotopic (exact) mass is 316 g/mol. The Morgan fingerprint density at radius 1 is 1.38 bits per heavy atom. The van der Waals surface area contributed by atoms with E-state index < -0.39 is 26.6 Å². The van der Waals surface area contributed by atoms with E-state index in [-0.39, 0.29) is 24.6 Å². The van der Waals surface area contributed by atoms with Gasteiger partial charge >= 0.3 is 0 Å². The lowest BCUT2D eigenvalue weighted by Gasteiger charge is -2.12. The van der Waals surface area contributed by atoms with Gasteiger partial charge in [0, 0.05) is 12.6 Å². The fourth-order valence-electron chi connectivity index (χ4n) is 1.54. The maximum Gasteiger partial charge on any atom is 0.244 e. The van der Waals surface area contributed by atoms with E-state index in [1.807, 2.05) is 13.8 Å². The molecule has 0 aromatic heterocycles. The van der Waals surface area contributed by atoms with Crippen LogP contribution in [0.5, 0.6) is 0 Å². The molecule has 0 saturated heterocycles. The number of sulfonamides is 1. The maximum atomic E-state index is 13.9. The average Bonchev–Trinajstić information content (AvgIpc) is 2.41. The zero-order valence-electron chi connectivity index (χ0n) is 11.9. The van der Waals surface area contributed by atoms with Crippen LogP contribution in [0.15, 0.2) is 17.0 Å². The number of nitrogens with two attached hydrogens (primary N) is 1. The summed E-state index contributed by atoms with van der Waals surface area (Å²) in [4.78, 5) is -0.645. The number of hydrogen-bond donors (Lipinski definition) is 2. The molecule has 1 rings (SSSR count). The Labute approximate surface area is 123 Å². The van der Waals surface area contributed by atoms with Gasteiger partial charge in [0.15, 0.2) is 0 Å². The van der Waals surface area contributed by atoms with Crippen LogP contribution in [0.25, 0.3) is 0 Å². The fourth-order valence-corrected chi connectivity index (χ4v) is 2.90. The van der Waals surface area contributed by atoms with Crippen LogP contribution in [0, 0.1) is 29.4 Å². The molecule has 1 unspecified atom stereocenters.